The Kier molecular flexibility index (Phi) is 4.30. The molecular formula is C14H11BrClFN2O. The smallest absolute Gasteiger partial charge is 0.180 e. The second-order valence-electron chi connectivity index (χ2n) is 4.19. The van der Waals surface area contributed by atoms with Gasteiger partial charge in [0.2, 0.25) is 0 Å². The molecule has 0 saturated carbocycles. The van der Waals surface area contributed by atoms with Crippen LogP contribution in [0.5, 0.6) is 11.5 Å². The van der Waals surface area contributed by atoms with E-state index in [0.29, 0.717) is 10.8 Å². The van der Waals surface area contributed by atoms with Gasteiger partial charge in [0.25, 0.3) is 0 Å². The average Bonchev–Trinajstić information content (AvgIpc) is 2.37. The second kappa shape index (κ2) is 5.81. The van der Waals surface area contributed by atoms with Crippen LogP contribution < -0.4 is 10.5 Å². The third-order valence-electron chi connectivity index (χ3n) is 2.64. The number of benzene rings is 2. The highest BCUT2D eigenvalue weighted by Gasteiger charge is 2.15. The van der Waals surface area contributed by atoms with Gasteiger partial charge in [-0.25, -0.2) is 4.39 Å². The number of nitrogens with two attached hydrogens (primary N) is 1. The summed E-state index contributed by atoms with van der Waals surface area (Å²) in [5.74, 6) is -0.490. The average molecular weight is 358 g/mol. The second-order valence-corrected chi connectivity index (χ2v) is 5.39. The topological polar surface area (TPSA) is 59.1 Å². The van der Waals surface area contributed by atoms with Crippen LogP contribution in [0.25, 0.3) is 0 Å². The zero-order chi connectivity index (χ0) is 14.9. The van der Waals surface area contributed by atoms with Gasteiger partial charge in [-0.2, -0.15) is 0 Å². The van der Waals surface area contributed by atoms with E-state index in [-0.39, 0.29) is 21.6 Å². The Balaban J connectivity index is 2.39. The number of amidine groups is 1. The molecule has 0 unspecified atom stereocenters. The highest BCUT2D eigenvalue weighted by Crippen LogP contribution is 2.34. The van der Waals surface area contributed by atoms with E-state index in [1.54, 1.807) is 12.1 Å². The summed E-state index contributed by atoms with van der Waals surface area (Å²) in [6.45, 7) is 1.90. The van der Waals surface area contributed by atoms with Crippen LogP contribution in [0.15, 0.2) is 34.8 Å². The molecule has 0 radical (unpaired) electrons. The van der Waals surface area contributed by atoms with E-state index in [1.165, 1.54) is 12.1 Å². The van der Waals surface area contributed by atoms with Crippen LogP contribution in [-0.2, 0) is 0 Å². The minimum Gasteiger partial charge on any atom is -0.453 e. The minimum absolute atomic E-state index is 0.00706. The zero-order valence-electron chi connectivity index (χ0n) is 10.5. The predicted octanol–water partition coefficient (Wildman–Crippen LogP) is 4.63. The summed E-state index contributed by atoms with van der Waals surface area (Å²) in [4.78, 5) is 0. The number of hydrogen-bond acceptors (Lipinski definition) is 2. The lowest BCUT2D eigenvalue weighted by Gasteiger charge is -2.11. The van der Waals surface area contributed by atoms with Gasteiger partial charge in [0, 0.05) is 5.56 Å². The molecule has 2 rings (SSSR count). The van der Waals surface area contributed by atoms with Crippen LogP contribution in [0.2, 0.25) is 5.02 Å². The van der Waals surface area contributed by atoms with Gasteiger partial charge in [-0.05, 0) is 52.7 Å². The lowest BCUT2D eigenvalue weighted by molar-refractivity contribution is 0.440. The molecule has 3 N–H and O–H groups in total. The number of ether oxygens (including phenoxy) is 1. The Hall–Kier alpha value is -1.59. The molecule has 0 aromatic heterocycles. The molecule has 2 aromatic carbocycles. The Morgan fingerprint density at radius 3 is 2.55 bits per heavy atom. The zero-order valence-corrected chi connectivity index (χ0v) is 12.8. The molecule has 0 heterocycles. The Morgan fingerprint density at radius 1 is 1.30 bits per heavy atom. The van der Waals surface area contributed by atoms with E-state index in [2.05, 4.69) is 15.9 Å². The molecule has 0 saturated heterocycles. The number of rotatable bonds is 3. The molecule has 2 aromatic rings. The first-order chi connectivity index (χ1) is 9.40. The number of nitrogen functional groups attached to an aromatic ring is 1. The summed E-state index contributed by atoms with van der Waals surface area (Å²) < 4.78 is 19.7. The fourth-order valence-electron chi connectivity index (χ4n) is 1.63. The van der Waals surface area contributed by atoms with Crippen molar-refractivity contribution in [2.24, 2.45) is 5.73 Å². The summed E-state index contributed by atoms with van der Waals surface area (Å²) in [6.07, 6.45) is 0. The van der Waals surface area contributed by atoms with Crippen LogP contribution >= 0.6 is 27.5 Å². The molecule has 6 heteroatoms. The Bertz CT molecular complexity index is 691. The van der Waals surface area contributed by atoms with Gasteiger partial charge in [-0.1, -0.05) is 17.7 Å². The van der Waals surface area contributed by atoms with Gasteiger partial charge in [-0.15, -0.1) is 0 Å². The number of halogens is 3. The monoisotopic (exact) mass is 356 g/mol. The largest absolute Gasteiger partial charge is 0.453 e. The molecule has 0 fully saturated rings. The van der Waals surface area contributed by atoms with Gasteiger partial charge in [-0.3, -0.25) is 5.41 Å². The lowest BCUT2D eigenvalue weighted by atomic mass is 10.2. The third kappa shape index (κ3) is 2.94. The lowest BCUT2D eigenvalue weighted by Crippen LogP contribution is -2.12. The molecule has 0 aliphatic rings. The highest BCUT2D eigenvalue weighted by atomic mass is 79.9. The summed E-state index contributed by atoms with van der Waals surface area (Å²) in [7, 11) is 0. The maximum atomic E-state index is 14.2. The van der Waals surface area contributed by atoms with E-state index in [1.807, 2.05) is 13.0 Å². The van der Waals surface area contributed by atoms with Gasteiger partial charge >= 0.3 is 0 Å². The van der Waals surface area contributed by atoms with Crippen molar-refractivity contribution in [3.05, 3.63) is 56.8 Å². The molecule has 0 aliphatic heterocycles. The molecule has 0 atom stereocenters. The quantitative estimate of drug-likeness (QED) is 0.621. The van der Waals surface area contributed by atoms with E-state index in [4.69, 9.17) is 27.5 Å². The van der Waals surface area contributed by atoms with E-state index in [0.717, 1.165) is 5.56 Å². The molecule has 20 heavy (non-hydrogen) atoms. The fourth-order valence-corrected chi connectivity index (χ4v) is 2.44. The number of aryl methyl sites for hydroxylation is 1. The van der Waals surface area contributed by atoms with E-state index < -0.39 is 5.82 Å². The van der Waals surface area contributed by atoms with E-state index >= 15 is 0 Å². The maximum Gasteiger partial charge on any atom is 0.180 e. The number of nitrogens with one attached hydrogen (secondary N) is 1. The summed E-state index contributed by atoms with van der Waals surface area (Å²) in [5.41, 5.74) is 6.60. The third-order valence-corrected chi connectivity index (χ3v) is 3.71. The molecule has 0 aliphatic carbocycles. The SMILES string of the molecule is Cc1ccc(Oc2ccc(C(=N)N)c(Br)c2F)c(Cl)c1. The van der Waals surface area contributed by atoms with Crippen molar-refractivity contribution < 1.29 is 9.13 Å². The van der Waals surface area contributed by atoms with Crippen LogP contribution in [0.3, 0.4) is 0 Å². The van der Waals surface area contributed by atoms with Crippen molar-refractivity contribution in [1.29, 1.82) is 5.41 Å². The van der Waals surface area contributed by atoms with Gasteiger partial charge < -0.3 is 10.5 Å². The molecule has 0 spiro atoms. The van der Waals surface area contributed by atoms with Crippen molar-refractivity contribution in [1.82, 2.24) is 0 Å². The van der Waals surface area contributed by atoms with Crippen molar-refractivity contribution >= 4 is 33.4 Å². The molecule has 104 valence electrons. The van der Waals surface area contributed by atoms with Gasteiger partial charge in [0.05, 0.1) is 9.50 Å². The van der Waals surface area contributed by atoms with Gasteiger partial charge in [0.1, 0.15) is 11.6 Å². The van der Waals surface area contributed by atoms with Gasteiger partial charge in [0.15, 0.2) is 11.6 Å². The molecule has 0 bridgehead atoms. The standard InChI is InChI=1S/C14H11BrClFN2O/c1-7-2-4-10(9(16)6-7)20-11-5-3-8(14(18)19)12(15)13(11)17/h2-6H,1H3,(H3,18,19). The first-order valence-corrected chi connectivity index (χ1v) is 6.83. The summed E-state index contributed by atoms with van der Waals surface area (Å²) in [6, 6.07) is 8.13. The van der Waals surface area contributed by atoms with Crippen molar-refractivity contribution in [2.45, 2.75) is 6.92 Å². The van der Waals surface area contributed by atoms with Crippen molar-refractivity contribution in [2.75, 3.05) is 0 Å². The van der Waals surface area contributed by atoms with Crippen molar-refractivity contribution in [3.63, 3.8) is 0 Å². The summed E-state index contributed by atoms with van der Waals surface area (Å²) >= 11 is 9.11. The Morgan fingerprint density at radius 2 is 1.95 bits per heavy atom. The van der Waals surface area contributed by atoms with Crippen LogP contribution in [0, 0.1) is 18.2 Å². The summed E-state index contributed by atoms with van der Waals surface area (Å²) in [5, 5.41) is 7.74. The number of hydrogen-bond donors (Lipinski definition) is 2. The first kappa shape index (κ1) is 14.8. The maximum absolute atomic E-state index is 14.2. The highest BCUT2D eigenvalue weighted by molar-refractivity contribution is 9.10. The normalized spacial score (nSPS) is 10.4. The van der Waals surface area contributed by atoms with Crippen LogP contribution in [0.4, 0.5) is 4.39 Å². The van der Waals surface area contributed by atoms with Crippen molar-refractivity contribution in [3.8, 4) is 11.5 Å². The Labute approximate surface area is 129 Å². The first-order valence-electron chi connectivity index (χ1n) is 5.66. The molecule has 0 amide bonds. The minimum atomic E-state index is -0.630. The molecular weight excluding hydrogens is 347 g/mol. The molecule has 3 nitrogen and oxygen atoms in total. The predicted molar refractivity (Wildman–Crippen MR) is 81.4 cm³/mol. The van der Waals surface area contributed by atoms with Crippen LogP contribution in [-0.4, -0.2) is 5.84 Å². The van der Waals surface area contributed by atoms with Crippen LogP contribution in [0.1, 0.15) is 11.1 Å². The fraction of sp³-hybridized carbons (Fsp3) is 0.0714. The van der Waals surface area contributed by atoms with E-state index in [9.17, 15) is 4.39 Å².